The second-order valence-electron chi connectivity index (χ2n) is 7.03. The van der Waals surface area contributed by atoms with Crippen molar-refractivity contribution in [2.75, 3.05) is 11.9 Å². The Morgan fingerprint density at radius 3 is 2.31 bits per heavy atom. The van der Waals surface area contributed by atoms with Crippen molar-refractivity contribution in [3.05, 3.63) is 66.2 Å². The van der Waals surface area contributed by atoms with E-state index < -0.39 is 0 Å². The van der Waals surface area contributed by atoms with E-state index in [1.165, 1.54) is 18.4 Å². The number of nitrogens with one attached hydrogen (secondary N) is 2. The molecule has 0 heterocycles. The zero-order valence-corrected chi connectivity index (χ0v) is 16.1. The number of rotatable bonds is 11. The highest BCUT2D eigenvalue weighted by Gasteiger charge is 2.19. The maximum absolute atomic E-state index is 12.4. The Morgan fingerprint density at radius 1 is 1.00 bits per heavy atom. The summed E-state index contributed by atoms with van der Waals surface area (Å²) in [5.41, 5.74) is 2.22. The van der Waals surface area contributed by atoms with Crippen molar-refractivity contribution in [2.24, 2.45) is 5.92 Å². The van der Waals surface area contributed by atoms with E-state index in [1.807, 2.05) is 30.3 Å². The van der Waals surface area contributed by atoms with Crippen molar-refractivity contribution in [3.8, 4) is 0 Å². The van der Waals surface area contributed by atoms with E-state index in [-0.39, 0.29) is 5.91 Å². The molecule has 0 spiro atoms. The fourth-order valence-corrected chi connectivity index (χ4v) is 3.23. The Kier molecular flexibility index (Phi) is 8.91. The Bertz CT molecular complexity index is 627. The third kappa shape index (κ3) is 7.40. The van der Waals surface area contributed by atoms with Gasteiger partial charge in [0.2, 0.25) is 5.91 Å². The molecule has 3 nitrogen and oxygen atoms in total. The van der Waals surface area contributed by atoms with Gasteiger partial charge >= 0.3 is 0 Å². The van der Waals surface area contributed by atoms with E-state index in [2.05, 4.69) is 54.8 Å². The summed E-state index contributed by atoms with van der Waals surface area (Å²) in [6.07, 6.45) is 5.05. The van der Waals surface area contributed by atoms with Crippen LogP contribution in [0.5, 0.6) is 0 Å². The fraction of sp³-hybridized carbons (Fsp3) is 0.435. The van der Waals surface area contributed by atoms with Crippen molar-refractivity contribution in [1.29, 1.82) is 0 Å². The van der Waals surface area contributed by atoms with Gasteiger partial charge in [-0.05, 0) is 43.0 Å². The molecule has 140 valence electrons. The Hall–Kier alpha value is -2.13. The molecule has 0 aliphatic carbocycles. The molecule has 0 saturated carbocycles. The van der Waals surface area contributed by atoms with Gasteiger partial charge in [0.15, 0.2) is 0 Å². The summed E-state index contributed by atoms with van der Waals surface area (Å²) in [5.74, 6) is 0.399. The van der Waals surface area contributed by atoms with Gasteiger partial charge in [-0.1, -0.05) is 75.2 Å². The van der Waals surface area contributed by atoms with Crippen LogP contribution in [-0.4, -0.2) is 18.5 Å². The van der Waals surface area contributed by atoms with Crippen LogP contribution in [0.4, 0.5) is 5.69 Å². The molecule has 26 heavy (non-hydrogen) atoms. The summed E-state index contributed by atoms with van der Waals surface area (Å²) >= 11 is 0. The molecule has 0 aliphatic heterocycles. The molecule has 2 unspecified atom stereocenters. The highest BCUT2D eigenvalue weighted by atomic mass is 16.1. The van der Waals surface area contributed by atoms with Gasteiger partial charge in [0.05, 0.1) is 0 Å². The molecule has 0 aliphatic rings. The summed E-state index contributed by atoms with van der Waals surface area (Å²) in [4.78, 5) is 12.4. The third-order valence-corrected chi connectivity index (χ3v) is 4.78. The van der Waals surface area contributed by atoms with Crippen molar-refractivity contribution in [1.82, 2.24) is 5.32 Å². The first-order valence-corrected chi connectivity index (χ1v) is 9.81. The Morgan fingerprint density at radius 2 is 1.65 bits per heavy atom. The van der Waals surface area contributed by atoms with E-state index in [1.54, 1.807) is 0 Å². The van der Waals surface area contributed by atoms with Crippen molar-refractivity contribution in [2.45, 2.75) is 52.0 Å². The molecule has 2 aromatic rings. The van der Waals surface area contributed by atoms with Gasteiger partial charge in [-0.2, -0.15) is 0 Å². The van der Waals surface area contributed by atoms with E-state index in [0.717, 1.165) is 25.1 Å². The van der Waals surface area contributed by atoms with Crippen LogP contribution in [0.15, 0.2) is 60.7 Å². The van der Waals surface area contributed by atoms with Gasteiger partial charge in [-0.15, -0.1) is 0 Å². The first-order valence-electron chi connectivity index (χ1n) is 9.81. The number of anilines is 1. The maximum atomic E-state index is 12.4. The van der Waals surface area contributed by atoms with Gasteiger partial charge in [-0.3, -0.25) is 4.79 Å². The zero-order chi connectivity index (χ0) is 18.6. The maximum Gasteiger partial charge on any atom is 0.224 e. The van der Waals surface area contributed by atoms with Crippen LogP contribution in [0.3, 0.4) is 0 Å². The predicted molar refractivity (Wildman–Crippen MR) is 110 cm³/mol. The zero-order valence-electron chi connectivity index (χ0n) is 16.1. The summed E-state index contributed by atoms with van der Waals surface area (Å²) in [5, 5.41) is 6.69. The second-order valence-corrected chi connectivity index (χ2v) is 7.03. The van der Waals surface area contributed by atoms with Gasteiger partial charge in [0.1, 0.15) is 0 Å². The van der Waals surface area contributed by atoms with Crippen LogP contribution in [0.25, 0.3) is 0 Å². The van der Waals surface area contributed by atoms with Crippen LogP contribution in [0, 0.1) is 5.92 Å². The minimum absolute atomic E-state index is 0.0926. The molecule has 1 amide bonds. The summed E-state index contributed by atoms with van der Waals surface area (Å²) < 4.78 is 0. The van der Waals surface area contributed by atoms with E-state index in [4.69, 9.17) is 0 Å². The fourth-order valence-electron chi connectivity index (χ4n) is 3.23. The molecule has 0 aromatic heterocycles. The molecule has 0 saturated heterocycles. The van der Waals surface area contributed by atoms with Crippen LogP contribution in [-0.2, 0) is 11.2 Å². The quantitative estimate of drug-likeness (QED) is 0.595. The molecule has 0 radical (unpaired) electrons. The molecule has 2 atom stereocenters. The predicted octanol–water partition coefficient (Wildman–Crippen LogP) is 5.04. The molecule has 2 rings (SSSR count). The molecule has 2 aromatic carbocycles. The SMILES string of the molecule is CCCCC(NCCc1ccccc1)C(C)CC(=O)Nc1ccccc1. The van der Waals surface area contributed by atoms with E-state index >= 15 is 0 Å². The van der Waals surface area contributed by atoms with E-state index in [0.29, 0.717) is 18.4 Å². The minimum atomic E-state index is 0.0926. The van der Waals surface area contributed by atoms with Gasteiger partial charge in [0, 0.05) is 18.2 Å². The molecule has 3 heteroatoms. The smallest absolute Gasteiger partial charge is 0.224 e. The first kappa shape index (κ1) is 20.2. The van der Waals surface area contributed by atoms with Gasteiger partial charge in [0.25, 0.3) is 0 Å². The number of carbonyl (C=O) groups excluding carboxylic acids is 1. The highest BCUT2D eigenvalue weighted by Crippen LogP contribution is 2.16. The minimum Gasteiger partial charge on any atom is -0.326 e. The number of benzene rings is 2. The second kappa shape index (κ2) is 11.5. The average Bonchev–Trinajstić information content (AvgIpc) is 2.66. The third-order valence-electron chi connectivity index (χ3n) is 4.78. The van der Waals surface area contributed by atoms with E-state index in [9.17, 15) is 4.79 Å². The monoisotopic (exact) mass is 352 g/mol. The lowest BCUT2D eigenvalue weighted by atomic mass is 9.93. The highest BCUT2D eigenvalue weighted by molar-refractivity contribution is 5.90. The standard InChI is InChI=1S/C23H32N2O/c1-3-4-15-22(24-17-16-20-11-7-5-8-12-20)19(2)18-23(26)25-21-13-9-6-10-14-21/h5-14,19,22,24H,3-4,15-18H2,1-2H3,(H,25,26). The van der Waals surface area contributed by atoms with Crippen LogP contribution >= 0.6 is 0 Å². The van der Waals surface area contributed by atoms with Crippen LogP contribution < -0.4 is 10.6 Å². The number of amides is 1. The normalized spacial score (nSPS) is 13.2. The number of carbonyl (C=O) groups is 1. The topological polar surface area (TPSA) is 41.1 Å². The number of unbranched alkanes of at least 4 members (excludes halogenated alkanes) is 1. The summed E-state index contributed by atoms with van der Waals surface area (Å²) in [6, 6.07) is 20.6. The number of hydrogen-bond donors (Lipinski definition) is 2. The largest absolute Gasteiger partial charge is 0.326 e. The van der Waals surface area contributed by atoms with Gasteiger partial charge in [-0.25, -0.2) is 0 Å². The first-order chi connectivity index (χ1) is 12.7. The lowest BCUT2D eigenvalue weighted by molar-refractivity contribution is -0.117. The lowest BCUT2D eigenvalue weighted by Crippen LogP contribution is -2.38. The lowest BCUT2D eigenvalue weighted by Gasteiger charge is -2.25. The van der Waals surface area contributed by atoms with Crippen molar-refractivity contribution >= 4 is 11.6 Å². The molecular weight excluding hydrogens is 320 g/mol. The van der Waals surface area contributed by atoms with Crippen LogP contribution in [0.1, 0.15) is 45.1 Å². The van der Waals surface area contributed by atoms with Crippen molar-refractivity contribution in [3.63, 3.8) is 0 Å². The molecule has 0 fully saturated rings. The molecule has 2 N–H and O–H groups in total. The average molecular weight is 353 g/mol. The summed E-state index contributed by atoms with van der Waals surface area (Å²) in [6.45, 7) is 5.34. The van der Waals surface area contributed by atoms with Crippen molar-refractivity contribution < 1.29 is 4.79 Å². The van der Waals surface area contributed by atoms with Gasteiger partial charge < -0.3 is 10.6 Å². The Balaban J connectivity index is 1.82. The summed E-state index contributed by atoms with van der Waals surface area (Å²) in [7, 11) is 0. The van der Waals surface area contributed by atoms with Crippen LogP contribution in [0.2, 0.25) is 0 Å². The number of para-hydroxylation sites is 1. The molecular formula is C23H32N2O. The number of hydrogen-bond acceptors (Lipinski definition) is 2. The molecule has 0 bridgehead atoms. The Labute approximate surface area is 158 Å².